The van der Waals surface area contributed by atoms with E-state index in [1.54, 1.807) is 6.07 Å². The van der Waals surface area contributed by atoms with Gasteiger partial charge in [-0.2, -0.15) is 12.7 Å². The summed E-state index contributed by atoms with van der Waals surface area (Å²) in [6.07, 6.45) is 1.08. The quantitative estimate of drug-likeness (QED) is 0.514. The lowest BCUT2D eigenvalue weighted by atomic mass is 10.2. The highest BCUT2D eigenvalue weighted by Gasteiger charge is 2.20. The van der Waals surface area contributed by atoms with Gasteiger partial charge >= 0.3 is 10.1 Å². The van der Waals surface area contributed by atoms with E-state index in [1.807, 2.05) is 0 Å². The molecular formula is C18H22FNO7S2. The molecule has 0 spiro atoms. The average molecular weight is 448 g/mol. The van der Waals surface area contributed by atoms with E-state index in [1.165, 1.54) is 42.8 Å². The van der Waals surface area contributed by atoms with E-state index in [-0.39, 0.29) is 36.1 Å². The Bertz CT molecular complexity index is 1060. The van der Waals surface area contributed by atoms with Crippen LogP contribution in [0.4, 0.5) is 4.39 Å². The van der Waals surface area contributed by atoms with Gasteiger partial charge in [0.25, 0.3) is 0 Å². The molecule has 0 bridgehead atoms. The van der Waals surface area contributed by atoms with E-state index in [2.05, 4.69) is 0 Å². The molecule has 0 atom stereocenters. The number of ether oxygens (including phenoxy) is 2. The van der Waals surface area contributed by atoms with Gasteiger partial charge in [-0.3, -0.25) is 0 Å². The molecular weight excluding hydrogens is 425 g/mol. The van der Waals surface area contributed by atoms with Crippen LogP contribution in [-0.4, -0.2) is 54.8 Å². The minimum absolute atomic E-state index is 0.0105. The molecule has 11 heteroatoms. The van der Waals surface area contributed by atoms with Crippen molar-refractivity contribution in [2.24, 2.45) is 0 Å². The number of sulfonamides is 1. The highest BCUT2D eigenvalue weighted by molar-refractivity contribution is 7.88. The molecule has 8 nitrogen and oxygen atoms in total. The van der Waals surface area contributed by atoms with Gasteiger partial charge in [-0.15, -0.1) is 0 Å². The number of benzene rings is 2. The zero-order valence-corrected chi connectivity index (χ0v) is 17.8. The summed E-state index contributed by atoms with van der Waals surface area (Å²) >= 11 is 0. The Balaban J connectivity index is 2.23. The minimum atomic E-state index is -4.30. The van der Waals surface area contributed by atoms with Gasteiger partial charge in [0, 0.05) is 20.2 Å². The Labute approximate surface area is 170 Å². The molecule has 0 saturated heterocycles. The molecule has 2 aromatic carbocycles. The lowest BCUT2D eigenvalue weighted by Gasteiger charge is -2.20. The Morgan fingerprint density at radius 3 is 2.34 bits per heavy atom. The van der Waals surface area contributed by atoms with Gasteiger partial charge < -0.3 is 13.7 Å². The highest BCUT2D eigenvalue weighted by Crippen LogP contribution is 2.24. The van der Waals surface area contributed by atoms with Crippen molar-refractivity contribution < 1.29 is 34.9 Å². The second kappa shape index (κ2) is 9.53. The fourth-order valence-corrected chi connectivity index (χ4v) is 4.16. The fraction of sp³-hybridized carbons (Fsp3) is 0.333. The van der Waals surface area contributed by atoms with Crippen LogP contribution in [0.2, 0.25) is 0 Å². The van der Waals surface area contributed by atoms with Gasteiger partial charge in [0.1, 0.15) is 10.6 Å². The summed E-state index contributed by atoms with van der Waals surface area (Å²) in [6.45, 7) is 0.362. The average Bonchev–Trinajstić information content (AvgIpc) is 2.64. The maximum Gasteiger partial charge on any atom is 0.339 e. The number of nitrogens with zero attached hydrogens (tertiary/aromatic N) is 1. The minimum Gasteiger partial charge on any atom is -0.494 e. The second-order valence-corrected chi connectivity index (χ2v) is 9.60. The van der Waals surface area contributed by atoms with Crippen LogP contribution in [0.15, 0.2) is 47.4 Å². The van der Waals surface area contributed by atoms with Gasteiger partial charge in [0.15, 0.2) is 11.6 Å². The van der Waals surface area contributed by atoms with Crippen LogP contribution in [0.3, 0.4) is 0 Å². The maximum atomic E-state index is 13.8. The third kappa shape index (κ3) is 6.39. The molecule has 0 radical (unpaired) electrons. The highest BCUT2D eigenvalue weighted by atomic mass is 32.2. The molecule has 0 saturated carbocycles. The topological polar surface area (TPSA) is 99.2 Å². The standard InChI is InChI=1S/C18H22FNO7S2/c1-25-10-9-20(28(3,21)22)13-14-5-4-6-15(11-14)27-29(23,24)16-7-8-18(26-2)17(19)12-16/h4-8,11-12H,9-10,13H2,1-3H3. The van der Waals surface area contributed by atoms with E-state index in [0.717, 1.165) is 18.4 Å². The van der Waals surface area contributed by atoms with Crippen molar-refractivity contribution in [3.05, 3.63) is 53.8 Å². The van der Waals surface area contributed by atoms with Gasteiger partial charge in [-0.1, -0.05) is 12.1 Å². The molecule has 0 N–H and O–H groups in total. The SMILES string of the molecule is COCCN(Cc1cccc(OS(=O)(=O)c2ccc(OC)c(F)c2)c1)S(C)(=O)=O. The fourth-order valence-electron chi connectivity index (χ4n) is 2.43. The lowest BCUT2D eigenvalue weighted by molar-refractivity contribution is 0.177. The van der Waals surface area contributed by atoms with Crippen LogP contribution in [-0.2, 0) is 31.4 Å². The molecule has 0 fully saturated rings. The number of hydrogen-bond acceptors (Lipinski definition) is 7. The zero-order chi connectivity index (χ0) is 21.7. The molecule has 160 valence electrons. The number of hydrogen-bond donors (Lipinski definition) is 0. The Morgan fingerprint density at radius 2 is 1.76 bits per heavy atom. The molecule has 0 aromatic heterocycles. The first-order chi connectivity index (χ1) is 13.6. The van der Waals surface area contributed by atoms with Gasteiger partial charge in [-0.25, -0.2) is 12.8 Å². The zero-order valence-electron chi connectivity index (χ0n) is 16.2. The smallest absolute Gasteiger partial charge is 0.339 e. The molecule has 29 heavy (non-hydrogen) atoms. The van der Waals surface area contributed by atoms with Gasteiger partial charge in [0.05, 0.1) is 20.0 Å². The first kappa shape index (κ1) is 23.1. The summed E-state index contributed by atoms with van der Waals surface area (Å²) < 4.78 is 78.5. The van der Waals surface area contributed by atoms with E-state index in [0.29, 0.717) is 5.56 Å². The summed E-state index contributed by atoms with van der Waals surface area (Å²) in [7, 11) is -5.07. The van der Waals surface area contributed by atoms with Crippen molar-refractivity contribution in [1.82, 2.24) is 4.31 Å². The van der Waals surface area contributed by atoms with Crippen LogP contribution in [0.25, 0.3) is 0 Å². The van der Waals surface area contributed by atoms with E-state index < -0.39 is 26.0 Å². The van der Waals surface area contributed by atoms with Gasteiger partial charge in [0.2, 0.25) is 10.0 Å². The summed E-state index contributed by atoms with van der Waals surface area (Å²) in [4.78, 5) is -0.376. The van der Waals surface area contributed by atoms with E-state index in [9.17, 15) is 21.2 Å². The van der Waals surface area contributed by atoms with Crippen molar-refractivity contribution in [3.8, 4) is 11.5 Å². The first-order valence-corrected chi connectivity index (χ1v) is 11.6. The van der Waals surface area contributed by atoms with Crippen molar-refractivity contribution >= 4 is 20.1 Å². The first-order valence-electron chi connectivity index (χ1n) is 8.38. The Kier molecular flexibility index (Phi) is 7.58. The van der Waals surface area contributed by atoms with E-state index in [4.69, 9.17) is 13.7 Å². The van der Waals surface area contributed by atoms with Crippen molar-refractivity contribution in [2.75, 3.05) is 33.6 Å². The lowest BCUT2D eigenvalue weighted by Crippen LogP contribution is -2.32. The number of halogens is 1. The molecule has 0 aliphatic rings. The molecule has 0 unspecified atom stereocenters. The van der Waals surface area contributed by atoms with E-state index >= 15 is 0 Å². The third-order valence-corrected chi connectivity index (χ3v) is 6.38. The molecule has 0 aliphatic carbocycles. The van der Waals surface area contributed by atoms with Gasteiger partial charge in [-0.05, 0) is 35.9 Å². The predicted molar refractivity (Wildman–Crippen MR) is 104 cm³/mol. The third-order valence-electron chi connectivity index (χ3n) is 3.89. The Morgan fingerprint density at radius 1 is 1.03 bits per heavy atom. The Hall–Kier alpha value is -2.21. The molecule has 2 aromatic rings. The summed E-state index contributed by atoms with van der Waals surface area (Å²) in [5, 5.41) is 0. The van der Waals surface area contributed by atoms with Crippen LogP contribution < -0.4 is 8.92 Å². The summed E-state index contributed by atoms with van der Waals surface area (Å²) in [5.74, 6) is -0.963. The maximum absolute atomic E-state index is 13.8. The van der Waals surface area contributed by atoms with Crippen molar-refractivity contribution in [3.63, 3.8) is 0 Å². The molecule has 0 aliphatic heterocycles. The van der Waals surface area contributed by atoms with Crippen LogP contribution in [0.5, 0.6) is 11.5 Å². The largest absolute Gasteiger partial charge is 0.494 e. The van der Waals surface area contributed by atoms with Crippen molar-refractivity contribution in [2.45, 2.75) is 11.4 Å². The second-order valence-electron chi connectivity index (χ2n) is 6.07. The molecule has 2 rings (SSSR count). The molecule has 0 heterocycles. The predicted octanol–water partition coefficient (Wildman–Crippen LogP) is 2.01. The summed E-state index contributed by atoms with van der Waals surface area (Å²) in [5.41, 5.74) is 0.514. The van der Waals surface area contributed by atoms with Crippen molar-refractivity contribution in [1.29, 1.82) is 0 Å². The number of rotatable bonds is 10. The molecule has 0 amide bonds. The van der Waals surface area contributed by atoms with Crippen LogP contribution >= 0.6 is 0 Å². The summed E-state index contributed by atoms with van der Waals surface area (Å²) in [6, 6.07) is 9.12. The van der Waals surface area contributed by atoms with Crippen LogP contribution in [0, 0.1) is 5.82 Å². The normalized spacial score (nSPS) is 12.2. The monoisotopic (exact) mass is 447 g/mol. The number of methoxy groups -OCH3 is 2. The van der Waals surface area contributed by atoms with Crippen LogP contribution in [0.1, 0.15) is 5.56 Å².